The summed E-state index contributed by atoms with van der Waals surface area (Å²) in [6.45, 7) is 0. The molecule has 0 aliphatic heterocycles. The molecule has 3 rings (SSSR count). The molecule has 1 aromatic carbocycles. The highest BCUT2D eigenvalue weighted by atomic mass is 16.5. The average Bonchev–Trinajstić information content (AvgIpc) is 3.11. The molecule has 0 radical (unpaired) electrons. The van der Waals surface area contributed by atoms with Crippen molar-refractivity contribution in [3.05, 3.63) is 24.4 Å². The second-order valence-electron chi connectivity index (χ2n) is 5.32. The van der Waals surface area contributed by atoms with Crippen LogP contribution in [0.2, 0.25) is 0 Å². The van der Waals surface area contributed by atoms with E-state index in [1.807, 2.05) is 6.07 Å². The number of rotatable bonds is 4. The fourth-order valence-electron chi connectivity index (χ4n) is 2.79. The fraction of sp³-hybridized carbons (Fsp3) is 0.467. The first-order valence-electron chi connectivity index (χ1n) is 6.54. The summed E-state index contributed by atoms with van der Waals surface area (Å²) in [5.41, 5.74) is 1.21. The van der Waals surface area contributed by atoms with Gasteiger partial charge in [-0.3, -0.25) is 0 Å². The summed E-state index contributed by atoms with van der Waals surface area (Å²) in [7, 11) is 7.63. The van der Waals surface area contributed by atoms with Crippen molar-refractivity contribution in [1.82, 2.24) is 9.47 Å². The molecule has 4 heteroatoms. The van der Waals surface area contributed by atoms with E-state index in [0.717, 1.165) is 11.5 Å². The third-order valence-electron chi connectivity index (χ3n) is 3.97. The Bertz CT molecular complexity index is 603. The van der Waals surface area contributed by atoms with Crippen LogP contribution in [-0.2, 0) is 0 Å². The molecule has 0 bridgehead atoms. The highest BCUT2D eigenvalue weighted by Crippen LogP contribution is 2.43. The standard InChI is InChI=1S/C15H20N2O2/c1-16(2)12-8-13(12)17-6-5-10-7-14(18-3)15(19-4)9-11(10)17/h5-7,9,12-13H,8H2,1-4H3. The second-order valence-corrected chi connectivity index (χ2v) is 5.32. The van der Waals surface area contributed by atoms with Crippen LogP contribution in [0.25, 0.3) is 10.9 Å². The number of nitrogens with zero attached hydrogens (tertiary/aromatic N) is 2. The second kappa shape index (κ2) is 4.46. The fourth-order valence-corrected chi connectivity index (χ4v) is 2.79. The first kappa shape index (κ1) is 12.4. The number of hydrogen-bond acceptors (Lipinski definition) is 3. The molecular weight excluding hydrogens is 240 g/mol. The summed E-state index contributed by atoms with van der Waals surface area (Å²) in [5.74, 6) is 1.57. The number of hydrogen-bond donors (Lipinski definition) is 0. The predicted molar refractivity (Wildman–Crippen MR) is 76.2 cm³/mol. The van der Waals surface area contributed by atoms with Gasteiger partial charge in [-0.15, -0.1) is 0 Å². The number of aromatic nitrogens is 1. The quantitative estimate of drug-likeness (QED) is 0.845. The lowest BCUT2D eigenvalue weighted by atomic mass is 10.2. The molecule has 102 valence electrons. The summed E-state index contributed by atoms with van der Waals surface area (Å²) in [6, 6.07) is 7.47. The molecule has 0 spiro atoms. The monoisotopic (exact) mass is 260 g/mol. The number of benzene rings is 1. The van der Waals surface area contributed by atoms with Crippen LogP contribution in [-0.4, -0.2) is 43.8 Å². The molecule has 2 atom stereocenters. The molecule has 1 aliphatic carbocycles. The van der Waals surface area contributed by atoms with Crippen LogP contribution in [0, 0.1) is 0 Å². The summed E-state index contributed by atoms with van der Waals surface area (Å²) in [4.78, 5) is 2.29. The zero-order valence-electron chi connectivity index (χ0n) is 11.9. The Morgan fingerprint density at radius 2 is 1.84 bits per heavy atom. The van der Waals surface area contributed by atoms with Crippen LogP contribution in [0.4, 0.5) is 0 Å². The normalized spacial score (nSPS) is 21.9. The van der Waals surface area contributed by atoms with Gasteiger partial charge in [0.2, 0.25) is 0 Å². The Morgan fingerprint density at radius 1 is 1.16 bits per heavy atom. The molecule has 19 heavy (non-hydrogen) atoms. The topological polar surface area (TPSA) is 26.6 Å². The maximum Gasteiger partial charge on any atom is 0.162 e. The maximum atomic E-state index is 5.39. The minimum absolute atomic E-state index is 0.575. The number of ether oxygens (including phenoxy) is 2. The SMILES string of the molecule is COc1cc2ccn(C3CC3N(C)C)c2cc1OC. The molecular formula is C15H20N2O2. The lowest BCUT2D eigenvalue weighted by Crippen LogP contribution is -2.17. The lowest BCUT2D eigenvalue weighted by molar-refractivity contribution is 0.355. The molecule has 2 unspecified atom stereocenters. The molecule has 0 N–H and O–H groups in total. The maximum absolute atomic E-state index is 5.39. The van der Waals surface area contributed by atoms with Gasteiger partial charge in [0.05, 0.1) is 25.8 Å². The van der Waals surface area contributed by atoms with Gasteiger partial charge in [-0.25, -0.2) is 0 Å². The van der Waals surface area contributed by atoms with E-state index < -0.39 is 0 Å². The van der Waals surface area contributed by atoms with E-state index in [1.165, 1.54) is 17.3 Å². The van der Waals surface area contributed by atoms with Crippen molar-refractivity contribution < 1.29 is 9.47 Å². The Morgan fingerprint density at radius 3 is 2.42 bits per heavy atom. The highest BCUT2D eigenvalue weighted by Gasteiger charge is 2.40. The van der Waals surface area contributed by atoms with Crippen LogP contribution in [0.1, 0.15) is 12.5 Å². The van der Waals surface area contributed by atoms with E-state index in [0.29, 0.717) is 12.1 Å². The van der Waals surface area contributed by atoms with E-state index in [9.17, 15) is 0 Å². The molecule has 2 aromatic rings. The molecule has 4 nitrogen and oxygen atoms in total. The lowest BCUT2D eigenvalue weighted by Gasteiger charge is -2.12. The molecule has 0 saturated heterocycles. The van der Waals surface area contributed by atoms with Crippen molar-refractivity contribution in [3.8, 4) is 11.5 Å². The van der Waals surface area contributed by atoms with Gasteiger partial charge in [-0.2, -0.15) is 0 Å². The summed E-state index contributed by atoms with van der Waals surface area (Å²) in [5, 5.41) is 1.20. The van der Waals surface area contributed by atoms with Crippen molar-refractivity contribution in [2.24, 2.45) is 0 Å². The number of likely N-dealkylation sites (N-methyl/N-ethyl adjacent to an activating group) is 1. The van der Waals surface area contributed by atoms with Gasteiger partial charge < -0.3 is 18.9 Å². The molecule has 1 fully saturated rings. The van der Waals surface area contributed by atoms with E-state index >= 15 is 0 Å². The van der Waals surface area contributed by atoms with E-state index in [-0.39, 0.29) is 0 Å². The van der Waals surface area contributed by atoms with Crippen molar-refractivity contribution in [1.29, 1.82) is 0 Å². The highest BCUT2D eigenvalue weighted by molar-refractivity contribution is 5.84. The van der Waals surface area contributed by atoms with Gasteiger partial charge in [-0.1, -0.05) is 0 Å². The molecule has 1 saturated carbocycles. The summed E-state index contributed by atoms with van der Waals surface area (Å²) in [6.07, 6.45) is 3.38. The van der Waals surface area contributed by atoms with Crippen LogP contribution < -0.4 is 9.47 Å². The van der Waals surface area contributed by atoms with Crippen molar-refractivity contribution >= 4 is 10.9 Å². The van der Waals surface area contributed by atoms with Gasteiger partial charge in [0.15, 0.2) is 11.5 Å². The molecule has 0 amide bonds. The smallest absolute Gasteiger partial charge is 0.162 e. The number of fused-ring (bicyclic) bond motifs is 1. The third kappa shape index (κ3) is 1.96. The molecule has 1 heterocycles. The van der Waals surface area contributed by atoms with Crippen LogP contribution in [0.3, 0.4) is 0 Å². The average molecular weight is 260 g/mol. The molecule has 1 aliphatic rings. The van der Waals surface area contributed by atoms with Gasteiger partial charge in [0, 0.05) is 23.7 Å². The minimum atomic E-state index is 0.575. The Kier molecular flexibility index (Phi) is 2.90. The zero-order chi connectivity index (χ0) is 13.6. The largest absolute Gasteiger partial charge is 0.493 e. The van der Waals surface area contributed by atoms with Crippen molar-refractivity contribution in [2.75, 3.05) is 28.3 Å². The Hall–Kier alpha value is -1.68. The van der Waals surface area contributed by atoms with Crippen LogP contribution in [0.5, 0.6) is 11.5 Å². The minimum Gasteiger partial charge on any atom is -0.493 e. The summed E-state index contributed by atoms with van der Waals surface area (Å²) >= 11 is 0. The van der Waals surface area contributed by atoms with Gasteiger partial charge >= 0.3 is 0 Å². The summed E-state index contributed by atoms with van der Waals surface area (Å²) < 4.78 is 13.1. The van der Waals surface area contributed by atoms with Crippen LogP contribution >= 0.6 is 0 Å². The van der Waals surface area contributed by atoms with Crippen LogP contribution in [0.15, 0.2) is 24.4 Å². The first-order chi connectivity index (χ1) is 9.15. The van der Waals surface area contributed by atoms with Crippen molar-refractivity contribution in [2.45, 2.75) is 18.5 Å². The van der Waals surface area contributed by atoms with Crippen molar-refractivity contribution in [3.63, 3.8) is 0 Å². The van der Waals surface area contributed by atoms with Gasteiger partial charge in [0.25, 0.3) is 0 Å². The first-order valence-corrected chi connectivity index (χ1v) is 6.54. The van der Waals surface area contributed by atoms with Gasteiger partial charge in [-0.05, 0) is 32.6 Å². The third-order valence-corrected chi connectivity index (χ3v) is 3.97. The van der Waals surface area contributed by atoms with E-state index in [2.05, 4.69) is 41.9 Å². The Labute approximate surface area is 113 Å². The number of methoxy groups -OCH3 is 2. The van der Waals surface area contributed by atoms with E-state index in [4.69, 9.17) is 9.47 Å². The Balaban J connectivity index is 2.03. The zero-order valence-corrected chi connectivity index (χ0v) is 11.9. The molecule has 1 aromatic heterocycles. The van der Waals surface area contributed by atoms with Gasteiger partial charge in [0.1, 0.15) is 0 Å². The van der Waals surface area contributed by atoms with E-state index in [1.54, 1.807) is 14.2 Å². The predicted octanol–water partition coefficient (Wildman–Crippen LogP) is 2.53.